The number of carbonyl (C=O) groups excluding carboxylic acids is 3. The van der Waals surface area contributed by atoms with Crippen LogP contribution >= 0.6 is 0 Å². The van der Waals surface area contributed by atoms with E-state index in [0.717, 1.165) is 26.8 Å². The van der Waals surface area contributed by atoms with Crippen LogP contribution in [0, 0.1) is 6.92 Å². The summed E-state index contributed by atoms with van der Waals surface area (Å²) in [6, 6.07) is 22.1. The number of hydrogen-bond donors (Lipinski definition) is 2. The van der Waals surface area contributed by atoms with Gasteiger partial charge in [0.15, 0.2) is 0 Å². The highest BCUT2D eigenvalue weighted by atomic mass is 16.2. The SMILES string of the molecule is Cc1ccc2cccc(NC(=O)CN3C(=O)NC(C)(c4ccc5ccccc5c4)C3=O)c2n1. The van der Waals surface area contributed by atoms with Crippen LogP contribution < -0.4 is 10.6 Å². The maximum absolute atomic E-state index is 13.3. The fourth-order valence-electron chi connectivity index (χ4n) is 4.22. The minimum Gasteiger partial charge on any atom is -0.323 e. The van der Waals surface area contributed by atoms with Crippen LogP contribution in [0.15, 0.2) is 72.8 Å². The van der Waals surface area contributed by atoms with Gasteiger partial charge in [0.05, 0.1) is 11.2 Å². The molecule has 1 aliphatic rings. The highest BCUT2D eigenvalue weighted by molar-refractivity contribution is 6.11. The molecule has 4 amide bonds. The molecule has 2 heterocycles. The van der Waals surface area contributed by atoms with Crippen molar-refractivity contribution in [2.45, 2.75) is 19.4 Å². The largest absolute Gasteiger partial charge is 0.325 e. The van der Waals surface area contributed by atoms with Gasteiger partial charge in [-0.3, -0.25) is 19.5 Å². The zero-order valence-corrected chi connectivity index (χ0v) is 18.3. The number of urea groups is 1. The van der Waals surface area contributed by atoms with Crippen molar-refractivity contribution in [3.63, 3.8) is 0 Å². The Labute approximate surface area is 190 Å². The van der Waals surface area contributed by atoms with E-state index in [0.29, 0.717) is 16.8 Å². The van der Waals surface area contributed by atoms with Crippen LogP contribution in [0.3, 0.4) is 0 Å². The van der Waals surface area contributed by atoms with Gasteiger partial charge in [0.2, 0.25) is 5.91 Å². The first-order chi connectivity index (χ1) is 15.8. The Bertz CT molecular complexity index is 1450. The van der Waals surface area contributed by atoms with Gasteiger partial charge in [-0.15, -0.1) is 0 Å². The van der Waals surface area contributed by atoms with E-state index >= 15 is 0 Å². The molecule has 1 fully saturated rings. The van der Waals surface area contributed by atoms with E-state index in [9.17, 15) is 14.4 Å². The number of nitrogens with one attached hydrogen (secondary N) is 2. The molecular formula is C26H22N4O3. The lowest BCUT2D eigenvalue weighted by Gasteiger charge is -2.22. The third-order valence-electron chi connectivity index (χ3n) is 6.04. The first kappa shape index (κ1) is 20.6. The standard InChI is InChI=1S/C26H22N4O3/c1-16-10-11-18-8-5-9-21(23(18)27-16)28-22(31)15-30-24(32)26(2,29-25(30)33)20-13-12-17-6-3-4-7-19(17)14-20/h3-14H,15H2,1-2H3,(H,28,31)(H,29,33). The first-order valence-electron chi connectivity index (χ1n) is 10.6. The number of aromatic nitrogens is 1. The molecule has 7 nitrogen and oxygen atoms in total. The molecule has 0 radical (unpaired) electrons. The Morgan fingerprint density at radius 1 is 0.970 bits per heavy atom. The van der Waals surface area contributed by atoms with Crippen LogP contribution in [0.5, 0.6) is 0 Å². The molecule has 164 valence electrons. The quantitative estimate of drug-likeness (QED) is 0.469. The number of pyridine rings is 1. The zero-order valence-electron chi connectivity index (χ0n) is 18.3. The van der Waals surface area contributed by atoms with Crippen molar-refractivity contribution in [3.8, 4) is 0 Å². The second-order valence-corrected chi connectivity index (χ2v) is 8.39. The number of aryl methyl sites for hydroxylation is 1. The Balaban J connectivity index is 1.38. The van der Waals surface area contributed by atoms with E-state index in [1.807, 2.05) is 73.7 Å². The van der Waals surface area contributed by atoms with E-state index in [1.165, 1.54) is 0 Å². The van der Waals surface area contributed by atoms with Crippen LogP contribution in [0.1, 0.15) is 18.2 Å². The van der Waals surface area contributed by atoms with Crippen molar-refractivity contribution in [3.05, 3.63) is 84.1 Å². The molecule has 1 aliphatic heterocycles. The summed E-state index contributed by atoms with van der Waals surface area (Å²) in [7, 11) is 0. The fourth-order valence-corrected chi connectivity index (χ4v) is 4.22. The number of imide groups is 1. The van der Waals surface area contributed by atoms with E-state index in [2.05, 4.69) is 15.6 Å². The lowest BCUT2D eigenvalue weighted by atomic mass is 9.90. The van der Waals surface area contributed by atoms with Gasteiger partial charge in [-0.05, 0) is 48.4 Å². The van der Waals surface area contributed by atoms with Gasteiger partial charge in [-0.1, -0.05) is 54.6 Å². The Morgan fingerprint density at radius 3 is 2.52 bits per heavy atom. The number of anilines is 1. The Hall–Kier alpha value is -4.26. The lowest BCUT2D eigenvalue weighted by Crippen LogP contribution is -2.42. The smallest absolute Gasteiger partial charge is 0.323 e. The predicted octanol–water partition coefficient (Wildman–Crippen LogP) is 4.10. The number of carbonyl (C=O) groups is 3. The lowest BCUT2D eigenvalue weighted by molar-refractivity contribution is -0.133. The summed E-state index contributed by atoms with van der Waals surface area (Å²) in [5.74, 6) is -0.943. The molecule has 33 heavy (non-hydrogen) atoms. The predicted molar refractivity (Wildman–Crippen MR) is 127 cm³/mol. The van der Waals surface area contributed by atoms with E-state index in [4.69, 9.17) is 0 Å². The number of rotatable bonds is 4. The monoisotopic (exact) mass is 438 g/mol. The average Bonchev–Trinajstić information content (AvgIpc) is 3.03. The zero-order chi connectivity index (χ0) is 23.2. The number of benzene rings is 3. The van der Waals surface area contributed by atoms with Gasteiger partial charge in [-0.2, -0.15) is 0 Å². The van der Waals surface area contributed by atoms with Crippen molar-refractivity contribution in [2.24, 2.45) is 0 Å². The average molecular weight is 438 g/mol. The van der Waals surface area contributed by atoms with Crippen LogP contribution in [-0.4, -0.2) is 34.3 Å². The summed E-state index contributed by atoms with van der Waals surface area (Å²) in [4.78, 5) is 44.2. The minimum atomic E-state index is -1.25. The Morgan fingerprint density at radius 2 is 1.70 bits per heavy atom. The molecule has 1 atom stereocenters. The van der Waals surface area contributed by atoms with Crippen LogP contribution in [-0.2, 0) is 15.1 Å². The maximum atomic E-state index is 13.3. The van der Waals surface area contributed by atoms with Crippen LogP contribution in [0.2, 0.25) is 0 Å². The number of amides is 4. The number of fused-ring (bicyclic) bond motifs is 2. The molecule has 7 heteroatoms. The minimum absolute atomic E-state index is 0.393. The van der Waals surface area contributed by atoms with E-state index < -0.39 is 29.9 Å². The summed E-state index contributed by atoms with van der Waals surface area (Å²) in [5, 5.41) is 8.45. The molecule has 5 rings (SSSR count). The molecular weight excluding hydrogens is 416 g/mol. The highest BCUT2D eigenvalue weighted by Crippen LogP contribution is 2.31. The molecule has 0 aliphatic carbocycles. The van der Waals surface area contributed by atoms with Crippen molar-refractivity contribution in [2.75, 3.05) is 11.9 Å². The van der Waals surface area contributed by atoms with Gasteiger partial charge in [0.1, 0.15) is 12.1 Å². The second kappa shape index (κ2) is 7.70. The summed E-state index contributed by atoms with van der Waals surface area (Å²) < 4.78 is 0. The molecule has 3 aromatic carbocycles. The van der Waals surface area contributed by atoms with Gasteiger partial charge < -0.3 is 10.6 Å². The summed E-state index contributed by atoms with van der Waals surface area (Å²) in [5.41, 5.74) is 1.43. The maximum Gasteiger partial charge on any atom is 0.325 e. The molecule has 4 aromatic rings. The normalized spacial score (nSPS) is 18.1. The highest BCUT2D eigenvalue weighted by Gasteiger charge is 2.49. The molecule has 0 saturated carbocycles. The van der Waals surface area contributed by atoms with E-state index in [1.54, 1.807) is 13.0 Å². The van der Waals surface area contributed by atoms with Crippen molar-refractivity contribution in [1.82, 2.24) is 15.2 Å². The summed E-state index contributed by atoms with van der Waals surface area (Å²) >= 11 is 0. The van der Waals surface area contributed by atoms with Gasteiger partial charge in [-0.25, -0.2) is 4.79 Å². The molecule has 1 aromatic heterocycles. The van der Waals surface area contributed by atoms with Crippen LogP contribution in [0.25, 0.3) is 21.7 Å². The molecule has 0 spiro atoms. The summed E-state index contributed by atoms with van der Waals surface area (Å²) in [6.07, 6.45) is 0. The third-order valence-corrected chi connectivity index (χ3v) is 6.04. The summed E-state index contributed by atoms with van der Waals surface area (Å²) in [6.45, 7) is 3.14. The second-order valence-electron chi connectivity index (χ2n) is 8.39. The van der Waals surface area contributed by atoms with Gasteiger partial charge in [0.25, 0.3) is 5.91 Å². The number of hydrogen-bond acceptors (Lipinski definition) is 4. The molecule has 1 saturated heterocycles. The van der Waals surface area contributed by atoms with Crippen molar-refractivity contribution in [1.29, 1.82) is 0 Å². The van der Waals surface area contributed by atoms with Gasteiger partial charge >= 0.3 is 6.03 Å². The van der Waals surface area contributed by atoms with Gasteiger partial charge in [0, 0.05) is 11.1 Å². The number of nitrogens with zero attached hydrogens (tertiary/aromatic N) is 2. The molecule has 1 unspecified atom stereocenters. The van der Waals surface area contributed by atoms with E-state index in [-0.39, 0.29) is 0 Å². The number of para-hydroxylation sites is 1. The molecule has 0 bridgehead atoms. The van der Waals surface area contributed by atoms with Crippen molar-refractivity contribution < 1.29 is 14.4 Å². The third kappa shape index (κ3) is 3.57. The fraction of sp³-hybridized carbons (Fsp3) is 0.154. The Kier molecular flexibility index (Phi) is 4.82. The van der Waals surface area contributed by atoms with Crippen LogP contribution in [0.4, 0.5) is 10.5 Å². The first-order valence-corrected chi connectivity index (χ1v) is 10.6. The van der Waals surface area contributed by atoms with Crippen molar-refractivity contribution >= 4 is 45.2 Å². The molecule has 2 N–H and O–H groups in total. The topological polar surface area (TPSA) is 91.4 Å².